The van der Waals surface area contributed by atoms with E-state index in [4.69, 9.17) is 28.6 Å². The number of halogens is 1. The van der Waals surface area contributed by atoms with Gasteiger partial charge in [0.1, 0.15) is 4.99 Å². The molecule has 0 saturated carbocycles. The lowest BCUT2D eigenvalue weighted by Crippen LogP contribution is -2.55. The summed E-state index contributed by atoms with van der Waals surface area (Å²) in [5.41, 5.74) is -0.00203. The highest BCUT2D eigenvalue weighted by Gasteiger charge is 2.40. The fourth-order valence-corrected chi connectivity index (χ4v) is 2.59. The van der Waals surface area contributed by atoms with Crippen LogP contribution in [0.15, 0.2) is 54.6 Å². The van der Waals surface area contributed by atoms with Crippen molar-refractivity contribution >= 4 is 46.0 Å². The Bertz CT molecular complexity index is 691. The molecular weight excluding hydrogens is 332 g/mol. The van der Waals surface area contributed by atoms with Crippen LogP contribution in [0.25, 0.3) is 0 Å². The third kappa shape index (κ3) is 4.07. The molecule has 1 atom stereocenters. The van der Waals surface area contributed by atoms with Crippen LogP contribution in [0.1, 0.15) is 6.92 Å². The van der Waals surface area contributed by atoms with Crippen molar-refractivity contribution in [3.63, 3.8) is 0 Å². The van der Waals surface area contributed by atoms with Crippen molar-refractivity contribution in [1.29, 1.82) is 0 Å². The molecule has 1 unspecified atom stereocenters. The van der Waals surface area contributed by atoms with Gasteiger partial charge in [-0.25, -0.2) is 0 Å². The molecule has 0 amide bonds. The number of thiocarbonyl (C=S) groups is 1. The van der Waals surface area contributed by atoms with E-state index in [9.17, 15) is 4.79 Å². The normalized spacial score (nSPS) is 13.0. The molecule has 0 heterocycles. The van der Waals surface area contributed by atoms with Crippen LogP contribution in [0.3, 0.4) is 0 Å². The highest BCUT2D eigenvalue weighted by molar-refractivity contribution is 7.80. The maximum Gasteiger partial charge on any atom is 0.250 e. The van der Waals surface area contributed by atoms with Gasteiger partial charge in [-0.05, 0) is 43.3 Å². The molecule has 2 N–H and O–H groups in total. The molecule has 0 aliphatic carbocycles. The Morgan fingerprint density at radius 1 is 1.09 bits per heavy atom. The Balaban J connectivity index is 2.28. The van der Waals surface area contributed by atoms with E-state index in [1.807, 2.05) is 30.3 Å². The highest BCUT2D eigenvalue weighted by Crippen LogP contribution is 2.22. The molecule has 23 heavy (non-hydrogen) atoms. The van der Waals surface area contributed by atoms with Gasteiger partial charge < -0.3 is 15.4 Å². The standard InChI is InChI=1S/C17H17ClN2O2S/c1-12(21)17(22-2,20-15-6-4-3-5-7-15)16(23)19-14-10-8-13(18)9-11-14/h3-11,20H,1-2H3,(H,19,23). The van der Waals surface area contributed by atoms with Crippen molar-refractivity contribution in [3.05, 3.63) is 59.6 Å². The number of hydrogen-bond acceptors (Lipinski definition) is 4. The Labute approximate surface area is 145 Å². The summed E-state index contributed by atoms with van der Waals surface area (Å²) in [4.78, 5) is 12.5. The lowest BCUT2D eigenvalue weighted by Gasteiger charge is -2.32. The number of methoxy groups -OCH3 is 1. The molecular formula is C17H17ClN2O2S. The van der Waals surface area contributed by atoms with Gasteiger partial charge in [0, 0.05) is 23.5 Å². The second-order valence-corrected chi connectivity index (χ2v) is 5.74. The average molecular weight is 349 g/mol. The number of ether oxygens (including phenoxy) is 1. The Morgan fingerprint density at radius 2 is 1.70 bits per heavy atom. The molecule has 0 saturated heterocycles. The zero-order valence-electron chi connectivity index (χ0n) is 12.8. The van der Waals surface area contributed by atoms with Gasteiger partial charge in [-0.3, -0.25) is 4.79 Å². The van der Waals surface area contributed by atoms with Gasteiger partial charge in [0.2, 0.25) is 0 Å². The van der Waals surface area contributed by atoms with Gasteiger partial charge >= 0.3 is 0 Å². The van der Waals surface area contributed by atoms with Gasteiger partial charge in [0.05, 0.1) is 0 Å². The fraction of sp³-hybridized carbons (Fsp3) is 0.176. The third-order valence-electron chi connectivity index (χ3n) is 3.32. The maximum absolute atomic E-state index is 12.3. The average Bonchev–Trinajstić information content (AvgIpc) is 2.55. The fourth-order valence-electron chi connectivity index (χ4n) is 2.07. The summed E-state index contributed by atoms with van der Waals surface area (Å²) < 4.78 is 5.47. The van der Waals surface area contributed by atoms with Crippen LogP contribution in [0.5, 0.6) is 0 Å². The van der Waals surface area contributed by atoms with Crippen molar-refractivity contribution in [3.8, 4) is 0 Å². The van der Waals surface area contributed by atoms with Crippen LogP contribution in [0.4, 0.5) is 11.4 Å². The molecule has 2 aromatic rings. The van der Waals surface area contributed by atoms with Crippen LogP contribution in [0.2, 0.25) is 5.02 Å². The van der Waals surface area contributed by atoms with E-state index in [1.54, 1.807) is 24.3 Å². The quantitative estimate of drug-likeness (QED) is 0.607. The summed E-state index contributed by atoms with van der Waals surface area (Å²) in [6.45, 7) is 1.43. The van der Waals surface area contributed by atoms with Gasteiger partial charge in [-0.1, -0.05) is 42.0 Å². The number of anilines is 2. The van der Waals surface area contributed by atoms with Crippen LogP contribution in [0, 0.1) is 0 Å². The number of rotatable bonds is 6. The Morgan fingerprint density at radius 3 is 2.22 bits per heavy atom. The Kier molecular flexibility index (Phi) is 5.71. The first kappa shape index (κ1) is 17.4. The molecule has 0 fully saturated rings. The lowest BCUT2D eigenvalue weighted by atomic mass is 10.1. The predicted molar refractivity (Wildman–Crippen MR) is 98.2 cm³/mol. The van der Waals surface area contributed by atoms with E-state index >= 15 is 0 Å². The number of Topliss-reactive ketones (excluding diaryl/α,β-unsaturated/α-hetero) is 1. The summed E-state index contributed by atoms with van der Waals surface area (Å²) in [5.74, 6) is -0.254. The molecule has 4 nitrogen and oxygen atoms in total. The van der Waals surface area contributed by atoms with E-state index in [-0.39, 0.29) is 10.8 Å². The number of benzene rings is 2. The van der Waals surface area contributed by atoms with Gasteiger partial charge in [-0.15, -0.1) is 0 Å². The number of ketones is 1. The molecule has 0 aromatic heterocycles. The number of para-hydroxylation sites is 1. The summed E-state index contributed by atoms with van der Waals surface area (Å²) in [6.07, 6.45) is 0. The molecule has 0 aliphatic heterocycles. The summed E-state index contributed by atoms with van der Waals surface area (Å²) in [7, 11) is 1.44. The molecule has 0 aliphatic rings. The number of nitrogens with one attached hydrogen (secondary N) is 2. The van der Waals surface area contributed by atoms with Crippen molar-refractivity contribution in [2.45, 2.75) is 12.6 Å². The minimum absolute atomic E-state index is 0.221. The second-order valence-electron chi connectivity index (χ2n) is 4.89. The van der Waals surface area contributed by atoms with E-state index in [0.717, 1.165) is 11.4 Å². The van der Waals surface area contributed by atoms with Gasteiger partial charge in [0.15, 0.2) is 5.78 Å². The zero-order valence-corrected chi connectivity index (χ0v) is 14.4. The van der Waals surface area contributed by atoms with Crippen LogP contribution >= 0.6 is 23.8 Å². The second kappa shape index (κ2) is 7.55. The van der Waals surface area contributed by atoms with E-state index in [0.29, 0.717) is 5.02 Å². The summed E-state index contributed by atoms with van der Waals surface area (Å²) >= 11 is 11.3. The minimum atomic E-state index is -1.45. The zero-order chi connectivity index (χ0) is 16.9. The van der Waals surface area contributed by atoms with Crippen molar-refractivity contribution in [2.75, 3.05) is 17.7 Å². The molecule has 120 valence electrons. The largest absolute Gasteiger partial charge is 0.347 e. The van der Waals surface area contributed by atoms with E-state index in [1.165, 1.54) is 14.0 Å². The topological polar surface area (TPSA) is 50.4 Å². The van der Waals surface area contributed by atoms with Gasteiger partial charge in [-0.2, -0.15) is 0 Å². The number of hydrogen-bond donors (Lipinski definition) is 2. The number of carbonyl (C=O) groups is 1. The first-order valence-electron chi connectivity index (χ1n) is 6.94. The molecule has 0 radical (unpaired) electrons. The van der Waals surface area contributed by atoms with Crippen LogP contribution in [-0.4, -0.2) is 23.6 Å². The van der Waals surface area contributed by atoms with E-state index in [2.05, 4.69) is 10.6 Å². The van der Waals surface area contributed by atoms with E-state index < -0.39 is 5.72 Å². The molecule has 0 bridgehead atoms. The summed E-state index contributed by atoms with van der Waals surface area (Å²) in [5, 5.41) is 6.72. The monoisotopic (exact) mass is 348 g/mol. The van der Waals surface area contributed by atoms with Crippen LogP contribution in [-0.2, 0) is 9.53 Å². The predicted octanol–water partition coefficient (Wildman–Crippen LogP) is 4.12. The highest BCUT2D eigenvalue weighted by atomic mass is 35.5. The first-order valence-corrected chi connectivity index (χ1v) is 7.73. The maximum atomic E-state index is 12.3. The smallest absolute Gasteiger partial charge is 0.250 e. The third-order valence-corrected chi connectivity index (χ3v) is 3.96. The number of carbonyl (C=O) groups excluding carboxylic acids is 1. The minimum Gasteiger partial charge on any atom is -0.347 e. The summed E-state index contributed by atoms with van der Waals surface area (Å²) in [6, 6.07) is 16.3. The molecule has 2 aromatic carbocycles. The van der Waals surface area contributed by atoms with Crippen LogP contribution < -0.4 is 10.6 Å². The first-order chi connectivity index (χ1) is 11.0. The van der Waals surface area contributed by atoms with Crippen molar-refractivity contribution < 1.29 is 9.53 Å². The van der Waals surface area contributed by atoms with Gasteiger partial charge in [0.25, 0.3) is 5.72 Å². The Hall–Kier alpha value is -1.95. The van der Waals surface area contributed by atoms with Crippen molar-refractivity contribution in [2.24, 2.45) is 0 Å². The lowest BCUT2D eigenvalue weighted by molar-refractivity contribution is -0.129. The van der Waals surface area contributed by atoms with Crippen molar-refractivity contribution in [1.82, 2.24) is 0 Å². The SMILES string of the molecule is COC(Nc1ccccc1)(C(C)=O)C(=S)Nc1ccc(Cl)cc1. The molecule has 0 spiro atoms. The molecule has 6 heteroatoms. The molecule has 2 rings (SSSR count).